The van der Waals surface area contributed by atoms with Crippen LogP contribution in [0.5, 0.6) is 11.5 Å². The van der Waals surface area contributed by atoms with Gasteiger partial charge in [-0.1, -0.05) is 12.1 Å². The Morgan fingerprint density at radius 3 is 2.60 bits per heavy atom. The summed E-state index contributed by atoms with van der Waals surface area (Å²) >= 11 is 2.06. The van der Waals surface area contributed by atoms with Crippen molar-refractivity contribution in [3.63, 3.8) is 0 Å². The predicted molar refractivity (Wildman–Crippen MR) is 84.3 cm³/mol. The van der Waals surface area contributed by atoms with Crippen molar-refractivity contribution in [2.45, 2.75) is 13.5 Å². The molecule has 0 saturated heterocycles. The fourth-order valence-corrected chi connectivity index (χ4v) is 2.06. The standard InChI is InChI=1S/C14H15IN2O3/c1-2-19-12-5-3-4-6-13(12)20-8-7-17-14(18)9-11(15)10-16-17/h3-6,9-10H,2,7-8H2,1H3. The Kier molecular flexibility index (Phi) is 5.40. The second kappa shape index (κ2) is 7.28. The van der Waals surface area contributed by atoms with Crippen LogP contribution in [0.4, 0.5) is 0 Å². The normalized spacial score (nSPS) is 10.3. The Morgan fingerprint density at radius 1 is 1.25 bits per heavy atom. The fraction of sp³-hybridized carbons (Fsp3) is 0.286. The highest BCUT2D eigenvalue weighted by Crippen LogP contribution is 2.26. The molecule has 0 amide bonds. The molecule has 0 radical (unpaired) electrons. The van der Waals surface area contributed by atoms with Crippen molar-refractivity contribution in [1.29, 1.82) is 0 Å². The monoisotopic (exact) mass is 386 g/mol. The summed E-state index contributed by atoms with van der Waals surface area (Å²) in [4.78, 5) is 11.7. The zero-order chi connectivity index (χ0) is 14.4. The molecule has 0 fully saturated rings. The smallest absolute Gasteiger partial charge is 0.267 e. The molecule has 0 unspecified atom stereocenters. The number of ether oxygens (including phenoxy) is 2. The van der Waals surface area contributed by atoms with Gasteiger partial charge in [-0.05, 0) is 41.6 Å². The molecule has 5 nitrogen and oxygen atoms in total. The lowest BCUT2D eigenvalue weighted by Crippen LogP contribution is -2.25. The molecule has 6 heteroatoms. The molecule has 0 aliphatic rings. The van der Waals surface area contributed by atoms with Crippen molar-refractivity contribution in [2.24, 2.45) is 0 Å². The van der Waals surface area contributed by atoms with Gasteiger partial charge in [0.05, 0.1) is 19.3 Å². The van der Waals surface area contributed by atoms with E-state index in [1.165, 1.54) is 4.68 Å². The van der Waals surface area contributed by atoms with Crippen LogP contribution in [0.1, 0.15) is 6.92 Å². The third-order valence-corrected chi connectivity index (χ3v) is 3.14. The Bertz CT molecular complexity index is 628. The van der Waals surface area contributed by atoms with Gasteiger partial charge in [0, 0.05) is 9.64 Å². The average Bonchev–Trinajstić information content (AvgIpc) is 2.43. The van der Waals surface area contributed by atoms with Crippen molar-refractivity contribution < 1.29 is 9.47 Å². The van der Waals surface area contributed by atoms with Crippen LogP contribution in [0.25, 0.3) is 0 Å². The zero-order valence-corrected chi connectivity index (χ0v) is 13.2. The second-order valence-corrected chi connectivity index (χ2v) is 5.21. The van der Waals surface area contributed by atoms with Gasteiger partial charge in [-0.15, -0.1) is 0 Å². The SMILES string of the molecule is CCOc1ccccc1OCCn1ncc(I)cc1=O. The first kappa shape index (κ1) is 14.8. The third-order valence-electron chi connectivity index (χ3n) is 2.55. The molecule has 0 N–H and O–H groups in total. The van der Waals surface area contributed by atoms with Crippen molar-refractivity contribution in [3.05, 3.63) is 50.5 Å². The van der Waals surface area contributed by atoms with Crippen molar-refractivity contribution in [3.8, 4) is 11.5 Å². The number of aromatic nitrogens is 2. The van der Waals surface area contributed by atoms with E-state index in [-0.39, 0.29) is 5.56 Å². The number of halogens is 1. The summed E-state index contributed by atoms with van der Waals surface area (Å²) in [6, 6.07) is 9.02. The van der Waals surface area contributed by atoms with E-state index in [4.69, 9.17) is 9.47 Å². The van der Waals surface area contributed by atoms with E-state index in [1.54, 1.807) is 12.3 Å². The van der Waals surface area contributed by atoms with E-state index in [1.807, 2.05) is 31.2 Å². The van der Waals surface area contributed by atoms with Gasteiger partial charge in [0.15, 0.2) is 11.5 Å². The lowest BCUT2D eigenvalue weighted by molar-refractivity contribution is 0.260. The summed E-state index contributed by atoms with van der Waals surface area (Å²) in [5.41, 5.74) is -0.126. The van der Waals surface area contributed by atoms with Gasteiger partial charge in [0.25, 0.3) is 5.56 Å². The molecule has 20 heavy (non-hydrogen) atoms. The summed E-state index contributed by atoms with van der Waals surface area (Å²) in [6.07, 6.45) is 1.65. The van der Waals surface area contributed by atoms with Gasteiger partial charge in [-0.25, -0.2) is 4.68 Å². The number of nitrogens with zero attached hydrogens (tertiary/aromatic N) is 2. The highest BCUT2D eigenvalue weighted by atomic mass is 127. The molecular weight excluding hydrogens is 371 g/mol. The molecule has 106 valence electrons. The van der Waals surface area contributed by atoms with Crippen LogP contribution in [0, 0.1) is 3.57 Å². The van der Waals surface area contributed by atoms with Gasteiger partial charge >= 0.3 is 0 Å². The average molecular weight is 386 g/mol. The molecule has 0 aliphatic heterocycles. The number of hydrogen-bond donors (Lipinski definition) is 0. The summed E-state index contributed by atoms with van der Waals surface area (Å²) in [5, 5.41) is 4.05. The lowest BCUT2D eigenvalue weighted by Gasteiger charge is -2.11. The maximum Gasteiger partial charge on any atom is 0.267 e. The number of hydrogen-bond acceptors (Lipinski definition) is 4. The molecule has 2 aromatic rings. The molecule has 0 aliphatic carbocycles. The summed E-state index contributed by atoms with van der Waals surface area (Å²) in [5.74, 6) is 1.38. The molecule has 0 bridgehead atoms. The molecular formula is C14H15IN2O3. The maximum atomic E-state index is 11.7. The molecule has 1 heterocycles. The minimum Gasteiger partial charge on any atom is -0.490 e. The largest absolute Gasteiger partial charge is 0.490 e. The van der Waals surface area contributed by atoms with E-state index in [0.717, 1.165) is 3.57 Å². The highest BCUT2D eigenvalue weighted by molar-refractivity contribution is 14.1. The molecule has 1 aromatic heterocycles. The van der Waals surface area contributed by atoms with E-state index in [2.05, 4.69) is 27.7 Å². The van der Waals surface area contributed by atoms with Crippen molar-refractivity contribution in [1.82, 2.24) is 9.78 Å². The first-order chi connectivity index (χ1) is 9.70. The summed E-state index contributed by atoms with van der Waals surface area (Å²) in [7, 11) is 0. The van der Waals surface area contributed by atoms with Crippen molar-refractivity contribution in [2.75, 3.05) is 13.2 Å². The third kappa shape index (κ3) is 3.96. The highest BCUT2D eigenvalue weighted by Gasteiger charge is 2.04. The van der Waals surface area contributed by atoms with Crippen LogP contribution < -0.4 is 15.0 Å². The second-order valence-electron chi connectivity index (χ2n) is 3.96. The predicted octanol–water partition coefficient (Wildman–Crippen LogP) is 2.33. The maximum absolute atomic E-state index is 11.7. The van der Waals surface area contributed by atoms with Gasteiger partial charge < -0.3 is 9.47 Å². The number of benzene rings is 1. The Balaban J connectivity index is 1.97. The lowest BCUT2D eigenvalue weighted by atomic mass is 10.3. The summed E-state index contributed by atoms with van der Waals surface area (Å²) in [6.45, 7) is 3.26. The molecule has 0 atom stereocenters. The Hall–Kier alpha value is -1.57. The van der Waals surface area contributed by atoms with E-state index in [0.29, 0.717) is 31.3 Å². The zero-order valence-electron chi connectivity index (χ0n) is 11.1. The van der Waals surface area contributed by atoms with E-state index >= 15 is 0 Å². The van der Waals surface area contributed by atoms with E-state index in [9.17, 15) is 4.79 Å². The first-order valence-corrected chi connectivity index (χ1v) is 7.36. The Labute approximate surface area is 130 Å². The van der Waals surface area contributed by atoms with Crippen molar-refractivity contribution >= 4 is 22.6 Å². The van der Waals surface area contributed by atoms with Crippen LogP contribution in [0.3, 0.4) is 0 Å². The minimum absolute atomic E-state index is 0.126. The van der Waals surface area contributed by atoms with Gasteiger partial charge in [-0.3, -0.25) is 4.79 Å². The fourth-order valence-electron chi connectivity index (χ4n) is 1.67. The molecule has 2 rings (SSSR count). The first-order valence-electron chi connectivity index (χ1n) is 6.28. The van der Waals surface area contributed by atoms with Crippen LogP contribution in [0.15, 0.2) is 41.3 Å². The van der Waals surface area contributed by atoms with Gasteiger partial charge in [0.1, 0.15) is 6.61 Å². The van der Waals surface area contributed by atoms with Crippen LogP contribution in [-0.4, -0.2) is 23.0 Å². The molecule has 0 saturated carbocycles. The number of rotatable bonds is 6. The number of para-hydroxylation sites is 2. The molecule has 0 spiro atoms. The topological polar surface area (TPSA) is 53.4 Å². The van der Waals surface area contributed by atoms with Gasteiger partial charge in [-0.2, -0.15) is 5.10 Å². The quantitative estimate of drug-likeness (QED) is 0.716. The Morgan fingerprint density at radius 2 is 1.95 bits per heavy atom. The molecule has 1 aromatic carbocycles. The minimum atomic E-state index is -0.126. The van der Waals surface area contributed by atoms with Crippen LogP contribution >= 0.6 is 22.6 Å². The van der Waals surface area contributed by atoms with Crippen LogP contribution in [0.2, 0.25) is 0 Å². The summed E-state index contributed by atoms with van der Waals surface area (Å²) < 4.78 is 13.3. The van der Waals surface area contributed by atoms with E-state index < -0.39 is 0 Å². The van der Waals surface area contributed by atoms with Crippen LogP contribution in [-0.2, 0) is 6.54 Å². The van der Waals surface area contributed by atoms with Gasteiger partial charge in [0.2, 0.25) is 0 Å².